The first kappa shape index (κ1) is 37.5. The maximum Gasteiger partial charge on any atom is 0.121 e. The summed E-state index contributed by atoms with van der Waals surface area (Å²) in [6.07, 6.45) is 0. The SMILES string of the molecule is Cc1c(C)c(C)c2c([Si](C)c3c4c(C)c(C)c(C)c(C)c4c(C)c4c(C)c(C)c(C)c(C)c34)c3c(C)c(C)c(C)c(C)c3c(C)c2c1C.[Re]. The van der Waals surface area contributed by atoms with Crippen LogP contribution in [0.2, 0.25) is 6.55 Å². The summed E-state index contributed by atoms with van der Waals surface area (Å²) < 4.78 is 0. The molecule has 0 nitrogen and oxygen atoms in total. The van der Waals surface area contributed by atoms with Crippen LogP contribution in [0.1, 0.15) is 100 Å². The molecule has 0 atom stereocenters. The molecule has 0 aromatic heterocycles. The topological polar surface area (TPSA) is 0 Å². The number of hydrogen-bond acceptors (Lipinski definition) is 0. The van der Waals surface area contributed by atoms with Crippen molar-refractivity contribution in [1.82, 2.24) is 0 Å². The summed E-state index contributed by atoms with van der Waals surface area (Å²) in [6.45, 7) is 45.4. The van der Waals surface area contributed by atoms with Crippen LogP contribution in [0.25, 0.3) is 43.1 Å². The Balaban J connectivity index is 0.00000468. The molecule has 0 heterocycles. The summed E-state index contributed by atoms with van der Waals surface area (Å²) in [7, 11) is -1.35. The molecule has 0 aliphatic heterocycles. The average Bonchev–Trinajstić information content (AvgIpc) is 3.05. The van der Waals surface area contributed by atoms with E-state index >= 15 is 0 Å². The van der Waals surface area contributed by atoms with Gasteiger partial charge in [0.2, 0.25) is 0 Å². The maximum atomic E-state index is 2.65. The zero-order valence-corrected chi connectivity index (χ0v) is 37.6. The number of fused-ring (bicyclic) bond motifs is 4. The van der Waals surface area contributed by atoms with Crippen LogP contribution in [0.4, 0.5) is 0 Å². The quantitative estimate of drug-likeness (QED) is 0.120. The van der Waals surface area contributed by atoms with E-state index in [-0.39, 0.29) is 20.4 Å². The third-order valence-electron chi connectivity index (χ3n) is 14.0. The Kier molecular flexibility index (Phi) is 9.55. The predicted octanol–water partition coefficient (Wildman–Crippen LogP) is 12.1. The van der Waals surface area contributed by atoms with E-state index in [2.05, 4.69) is 131 Å². The molecule has 0 aliphatic rings. The molecule has 0 unspecified atom stereocenters. The molecule has 0 aliphatic carbocycles. The maximum absolute atomic E-state index is 2.65. The van der Waals surface area contributed by atoms with Gasteiger partial charge in [0.15, 0.2) is 0 Å². The first-order valence-electron chi connectivity index (χ1n) is 18.0. The van der Waals surface area contributed by atoms with Crippen molar-refractivity contribution < 1.29 is 20.4 Å². The number of benzene rings is 6. The summed E-state index contributed by atoms with van der Waals surface area (Å²) in [5, 5.41) is 15.3. The molecule has 0 fully saturated rings. The molecule has 6 aromatic carbocycles. The Labute approximate surface area is 312 Å². The van der Waals surface area contributed by atoms with Gasteiger partial charge in [-0.05, 0) is 278 Å². The molecule has 0 saturated heterocycles. The first-order valence-corrected chi connectivity index (χ1v) is 20.0. The second-order valence-electron chi connectivity index (χ2n) is 15.6. The normalized spacial score (nSPS) is 12.0. The molecular formula is C47H57ReSi. The van der Waals surface area contributed by atoms with Crippen molar-refractivity contribution in [3.8, 4) is 0 Å². The van der Waals surface area contributed by atoms with Gasteiger partial charge in [-0.1, -0.05) is 6.55 Å². The van der Waals surface area contributed by atoms with Crippen LogP contribution in [0.5, 0.6) is 0 Å². The van der Waals surface area contributed by atoms with Gasteiger partial charge in [-0.2, -0.15) is 0 Å². The molecule has 49 heavy (non-hydrogen) atoms. The fourth-order valence-electron chi connectivity index (χ4n) is 9.75. The number of hydrogen-bond donors (Lipinski definition) is 0. The van der Waals surface area contributed by atoms with E-state index < -0.39 is 8.80 Å². The van der Waals surface area contributed by atoms with E-state index in [0.29, 0.717) is 0 Å². The molecule has 0 bridgehead atoms. The first-order chi connectivity index (χ1) is 22.3. The average molecular weight is 836 g/mol. The van der Waals surface area contributed by atoms with Crippen molar-refractivity contribution >= 4 is 62.3 Å². The van der Waals surface area contributed by atoms with Crippen molar-refractivity contribution in [2.75, 3.05) is 0 Å². The molecule has 2 heteroatoms. The largest absolute Gasteiger partial charge is 0.121 e. The fraction of sp³-hybridized carbons (Fsp3) is 0.404. The second-order valence-corrected chi connectivity index (χ2v) is 17.9. The predicted molar refractivity (Wildman–Crippen MR) is 219 cm³/mol. The van der Waals surface area contributed by atoms with Gasteiger partial charge in [0, 0.05) is 20.4 Å². The molecule has 6 rings (SSSR count). The van der Waals surface area contributed by atoms with Crippen LogP contribution in [-0.2, 0) is 20.4 Å². The van der Waals surface area contributed by atoms with E-state index in [1.165, 1.54) is 143 Å². The molecule has 0 saturated carbocycles. The number of aryl methyl sites for hydroxylation is 10. The zero-order valence-electron chi connectivity index (χ0n) is 33.9. The minimum absolute atomic E-state index is 0. The van der Waals surface area contributed by atoms with Crippen molar-refractivity contribution in [2.45, 2.75) is 131 Å². The monoisotopic (exact) mass is 836 g/mol. The Hall–Kier alpha value is -2.76. The Morgan fingerprint density at radius 3 is 0.510 bits per heavy atom. The standard InChI is InChI=1S/C47H57Si.Re/c1-20-24(5)32(13)42-38(28(20)9)36(17)39-29(10)21(2)25(6)33(14)43(39)46(42)48(19)47-44-34(15)26(7)22(3)30(11)40(44)37(18)41-31(12)23(4)27(8)35(16)45(41)47;/h1-19H3;. The molecule has 0 N–H and O–H groups in total. The molecule has 0 amide bonds. The van der Waals surface area contributed by atoms with Gasteiger partial charge >= 0.3 is 0 Å². The Bertz CT molecular complexity index is 2140. The van der Waals surface area contributed by atoms with Gasteiger partial charge in [0.25, 0.3) is 0 Å². The van der Waals surface area contributed by atoms with Gasteiger partial charge in [0.1, 0.15) is 8.80 Å². The minimum Gasteiger partial charge on any atom is -0.0627 e. The van der Waals surface area contributed by atoms with Crippen molar-refractivity contribution in [3.63, 3.8) is 0 Å². The third kappa shape index (κ3) is 4.76. The second kappa shape index (κ2) is 12.5. The zero-order chi connectivity index (χ0) is 35.7. The smallest absolute Gasteiger partial charge is 0.0627 e. The summed E-state index contributed by atoms with van der Waals surface area (Å²) in [6, 6.07) is 0. The molecule has 2 radical (unpaired) electrons. The Morgan fingerprint density at radius 1 is 0.204 bits per heavy atom. The van der Waals surface area contributed by atoms with E-state index in [9.17, 15) is 0 Å². The summed E-state index contributed by atoms with van der Waals surface area (Å²) in [5.74, 6) is 0. The summed E-state index contributed by atoms with van der Waals surface area (Å²) in [4.78, 5) is 0. The third-order valence-corrected chi connectivity index (χ3v) is 16.5. The van der Waals surface area contributed by atoms with Crippen LogP contribution in [0.15, 0.2) is 0 Å². The minimum atomic E-state index is -1.35. The van der Waals surface area contributed by atoms with Gasteiger partial charge in [-0.15, -0.1) is 0 Å². The molecule has 0 spiro atoms. The number of rotatable bonds is 2. The van der Waals surface area contributed by atoms with Crippen molar-refractivity contribution in [2.24, 2.45) is 0 Å². The van der Waals surface area contributed by atoms with E-state index in [4.69, 9.17) is 0 Å². The fourth-order valence-corrected chi connectivity index (χ4v) is 12.8. The van der Waals surface area contributed by atoms with Gasteiger partial charge < -0.3 is 0 Å². The summed E-state index contributed by atoms with van der Waals surface area (Å²) >= 11 is 0. The molecular weight excluding hydrogens is 779 g/mol. The van der Waals surface area contributed by atoms with E-state index in [0.717, 1.165) is 0 Å². The molecule has 256 valence electrons. The van der Waals surface area contributed by atoms with Crippen LogP contribution >= 0.6 is 0 Å². The van der Waals surface area contributed by atoms with Crippen LogP contribution in [0.3, 0.4) is 0 Å². The van der Waals surface area contributed by atoms with Crippen LogP contribution in [0, 0.1) is 125 Å². The van der Waals surface area contributed by atoms with Crippen molar-refractivity contribution in [1.29, 1.82) is 0 Å². The van der Waals surface area contributed by atoms with Crippen molar-refractivity contribution in [3.05, 3.63) is 100 Å². The summed E-state index contributed by atoms with van der Waals surface area (Å²) in [5.41, 5.74) is 26.2. The van der Waals surface area contributed by atoms with Gasteiger partial charge in [0.05, 0.1) is 0 Å². The van der Waals surface area contributed by atoms with Gasteiger partial charge in [-0.25, -0.2) is 0 Å². The van der Waals surface area contributed by atoms with Crippen LogP contribution < -0.4 is 10.4 Å². The Morgan fingerprint density at radius 2 is 0.347 bits per heavy atom. The van der Waals surface area contributed by atoms with Gasteiger partial charge in [-0.3, -0.25) is 0 Å². The van der Waals surface area contributed by atoms with Crippen LogP contribution in [-0.4, -0.2) is 8.80 Å². The van der Waals surface area contributed by atoms with E-state index in [1.807, 2.05) is 0 Å². The van der Waals surface area contributed by atoms with E-state index in [1.54, 1.807) is 10.4 Å². The molecule has 6 aromatic rings.